The highest BCUT2D eigenvalue weighted by atomic mass is 32.2. The fourth-order valence-corrected chi connectivity index (χ4v) is 6.02. The maximum Gasteiger partial charge on any atom is 0.244 e. The van der Waals surface area contributed by atoms with Crippen LogP contribution in [0.1, 0.15) is 43.8 Å². The molecule has 7 nitrogen and oxygen atoms in total. The van der Waals surface area contributed by atoms with Crippen LogP contribution >= 0.6 is 0 Å². The topological polar surface area (TPSA) is 81.0 Å². The standard InChI is InChI=1S/C18H23N5O2S/c24-26(25,15-3-1-8-19-9-15)23-11-16(18(12-23)6-2-7-18)17-21-20-13-22(17)10-14-4-5-14/h1,3,8-9,13-14,16H,2,4-7,10-12H2. The molecule has 3 aliphatic rings. The molecule has 0 radical (unpaired) electrons. The van der Waals surface area contributed by atoms with Crippen molar-refractivity contribution in [2.75, 3.05) is 13.1 Å². The van der Waals surface area contributed by atoms with Crippen molar-refractivity contribution >= 4 is 10.0 Å². The molecule has 8 heteroatoms. The summed E-state index contributed by atoms with van der Waals surface area (Å²) in [6.45, 7) is 2.02. The van der Waals surface area contributed by atoms with Gasteiger partial charge in [0.05, 0.1) is 0 Å². The van der Waals surface area contributed by atoms with E-state index in [-0.39, 0.29) is 16.2 Å². The van der Waals surface area contributed by atoms with Crippen molar-refractivity contribution < 1.29 is 8.42 Å². The predicted molar refractivity (Wildman–Crippen MR) is 94.8 cm³/mol. The summed E-state index contributed by atoms with van der Waals surface area (Å²) < 4.78 is 30.0. The quantitative estimate of drug-likeness (QED) is 0.801. The molecule has 1 saturated heterocycles. The monoisotopic (exact) mass is 373 g/mol. The molecule has 1 unspecified atom stereocenters. The molecule has 2 saturated carbocycles. The van der Waals surface area contributed by atoms with E-state index in [9.17, 15) is 8.42 Å². The van der Waals surface area contributed by atoms with Crippen LogP contribution in [0.2, 0.25) is 0 Å². The molecule has 2 aromatic rings. The molecule has 138 valence electrons. The zero-order valence-corrected chi connectivity index (χ0v) is 15.5. The molecule has 5 rings (SSSR count). The third kappa shape index (κ3) is 2.58. The molecule has 3 heterocycles. The average Bonchev–Trinajstić information content (AvgIpc) is 3.15. The van der Waals surface area contributed by atoms with E-state index in [0.29, 0.717) is 13.1 Å². The minimum absolute atomic E-state index is 0.0175. The number of pyridine rings is 1. The Morgan fingerprint density at radius 3 is 2.77 bits per heavy atom. The summed E-state index contributed by atoms with van der Waals surface area (Å²) >= 11 is 0. The second kappa shape index (κ2) is 5.85. The molecule has 0 aromatic carbocycles. The second-order valence-electron chi connectivity index (χ2n) is 8.04. The molecule has 1 spiro atoms. The summed E-state index contributed by atoms with van der Waals surface area (Å²) in [7, 11) is -3.52. The lowest BCUT2D eigenvalue weighted by Gasteiger charge is -2.42. The molecule has 0 amide bonds. The van der Waals surface area contributed by atoms with E-state index < -0.39 is 10.0 Å². The van der Waals surface area contributed by atoms with E-state index in [4.69, 9.17) is 0 Å². The van der Waals surface area contributed by atoms with Crippen molar-refractivity contribution in [2.45, 2.75) is 49.5 Å². The van der Waals surface area contributed by atoms with Gasteiger partial charge in [-0.3, -0.25) is 4.98 Å². The van der Waals surface area contributed by atoms with E-state index in [2.05, 4.69) is 19.7 Å². The molecule has 1 aliphatic heterocycles. The van der Waals surface area contributed by atoms with Crippen LogP contribution in [0, 0.1) is 11.3 Å². The van der Waals surface area contributed by atoms with Gasteiger partial charge in [0.15, 0.2) is 0 Å². The van der Waals surface area contributed by atoms with E-state index in [0.717, 1.165) is 37.5 Å². The van der Waals surface area contributed by atoms with Crippen molar-refractivity contribution in [1.82, 2.24) is 24.1 Å². The number of nitrogens with zero attached hydrogens (tertiary/aromatic N) is 5. The van der Waals surface area contributed by atoms with Crippen molar-refractivity contribution in [1.29, 1.82) is 0 Å². The molecular weight excluding hydrogens is 350 g/mol. The van der Waals surface area contributed by atoms with Crippen molar-refractivity contribution in [3.63, 3.8) is 0 Å². The van der Waals surface area contributed by atoms with E-state index >= 15 is 0 Å². The average molecular weight is 373 g/mol. The summed E-state index contributed by atoms with van der Waals surface area (Å²) in [6.07, 6.45) is 10.7. The van der Waals surface area contributed by atoms with E-state index in [1.807, 2.05) is 6.33 Å². The lowest BCUT2D eigenvalue weighted by Crippen LogP contribution is -2.38. The van der Waals surface area contributed by atoms with Gasteiger partial charge in [-0.25, -0.2) is 8.42 Å². The van der Waals surface area contributed by atoms with Gasteiger partial charge in [0.25, 0.3) is 0 Å². The van der Waals surface area contributed by atoms with Crippen LogP contribution in [0.5, 0.6) is 0 Å². The van der Waals surface area contributed by atoms with Gasteiger partial charge >= 0.3 is 0 Å². The van der Waals surface area contributed by atoms with Crippen LogP contribution in [0.4, 0.5) is 0 Å². The van der Waals surface area contributed by atoms with Crippen molar-refractivity contribution in [2.24, 2.45) is 11.3 Å². The highest BCUT2D eigenvalue weighted by molar-refractivity contribution is 7.89. The smallest absolute Gasteiger partial charge is 0.244 e. The van der Waals surface area contributed by atoms with Crippen LogP contribution in [0.25, 0.3) is 0 Å². The Hall–Kier alpha value is -1.80. The summed E-state index contributed by atoms with van der Waals surface area (Å²) in [5.74, 6) is 1.84. The van der Waals surface area contributed by atoms with Gasteiger partial charge in [-0.1, -0.05) is 6.42 Å². The predicted octanol–water partition coefficient (Wildman–Crippen LogP) is 2.04. The zero-order chi connectivity index (χ0) is 17.8. The first-order chi connectivity index (χ1) is 12.6. The Morgan fingerprint density at radius 1 is 1.27 bits per heavy atom. The van der Waals surface area contributed by atoms with Gasteiger partial charge in [-0.2, -0.15) is 4.31 Å². The minimum atomic E-state index is -3.52. The van der Waals surface area contributed by atoms with E-state index in [1.165, 1.54) is 19.0 Å². The third-order valence-electron chi connectivity index (χ3n) is 6.35. The fraction of sp³-hybridized carbons (Fsp3) is 0.611. The Labute approximate surface area is 153 Å². The molecule has 0 N–H and O–H groups in total. The maximum atomic E-state index is 13.1. The summed E-state index contributed by atoms with van der Waals surface area (Å²) in [6, 6.07) is 3.30. The van der Waals surface area contributed by atoms with Gasteiger partial charge in [0.2, 0.25) is 10.0 Å². The lowest BCUT2D eigenvalue weighted by molar-refractivity contribution is 0.125. The second-order valence-corrected chi connectivity index (χ2v) is 9.98. The number of rotatable bonds is 5. The van der Waals surface area contributed by atoms with Gasteiger partial charge in [0, 0.05) is 37.9 Å². The third-order valence-corrected chi connectivity index (χ3v) is 8.14. The van der Waals surface area contributed by atoms with Gasteiger partial charge < -0.3 is 4.57 Å². The molecule has 3 fully saturated rings. The molecule has 26 heavy (non-hydrogen) atoms. The van der Waals surface area contributed by atoms with Crippen LogP contribution < -0.4 is 0 Å². The van der Waals surface area contributed by atoms with Crippen molar-refractivity contribution in [3.05, 3.63) is 36.7 Å². The van der Waals surface area contributed by atoms with E-state index in [1.54, 1.807) is 22.6 Å². The first-order valence-corrected chi connectivity index (χ1v) is 10.8. The first-order valence-electron chi connectivity index (χ1n) is 9.36. The number of hydrogen-bond acceptors (Lipinski definition) is 5. The summed E-state index contributed by atoms with van der Waals surface area (Å²) in [5, 5.41) is 8.58. The van der Waals surface area contributed by atoms with Crippen molar-refractivity contribution in [3.8, 4) is 0 Å². The molecule has 2 aliphatic carbocycles. The largest absolute Gasteiger partial charge is 0.317 e. The van der Waals surface area contributed by atoms with Gasteiger partial charge in [-0.05, 0) is 49.1 Å². The number of hydrogen-bond donors (Lipinski definition) is 0. The summed E-state index contributed by atoms with van der Waals surface area (Å²) in [5.41, 5.74) is 0.0175. The molecular formula is C18H23N5O2S. The fourth-order valence-electron chi connectivity index (χ4n) is 4.50. The minimum Gasteiger partial charge on any atom is -0.317 e. The Bertz CT molecular complexity index is 903. The first kappa shape index (κ1) is 16.4. The van der Waals surface area contributed by atoms with Gasteiger partial charge in [0.1, 0.15) is 17.0 Å². The Balaban J connectivity index is 1.47. The van der Waals surface area contributed by atoms with Crippen LogP contribution in [-0.4, -0.2) is 45.6 Å². The molecule has 0 bridgehead atoms. The highest BCUT2D eigenvalue weighted by Crippen LogP contribution is 2.56. The maximum absolute atomic E-state index is 13.1. The van der Waals surface area contributed by atoms with Crippen LogP contribution in [0.3, 0.4) is 0 Å². The van der Waals surface area contributed by atoms with Gasteiger partial charge in [-0.15, -0.1) is 10.2 Å². The molecule has 1 atom stereocenters. The number of aromatic nitrogens is 4. The SMILES string of the molecule is O=S(=O)(c1cccnc1)N1CC(c2nncn2CC2CC2)C2(CCC2)C1. The molecule has 2 aromatic heterocycles. The lowest BCUT2D eigenvalue weighted by atomic mass is 9.62. The Kier molecular flexibility index (Phi) is 3.69. The summed E-state index contributed by atoms with van der Waals surface area (Å²) in [4.78, 5) is 4.26. The normalized spacial score (nSPS) is 25.5. The van der Waals surface area contributed by atoms with Crippen LogP contribution in [0.15, 0.2) is 35.7 Å². The Morgan fingerprint density at radius 2 is 2.12 bits per heavy atom. The highest BCUT2D eigenvalue weighted by Gasteiger charge is 2.55. The van der Waals surface area contributed by atoms with Crippen LogP contribution in [-0.2, 0) is 16.6 Å². The number of sulfonamides is 1. The zero-order valence-electron chi connectivity index (χ0n) is 14.7.